The monoisotopic (exact) mass is 626 g/mol. The first kappa shape index (κ1) is 28.8. The molecule has 2 heteroatoms. The minimum Gasteiger partial charge on any atom is -0.310 e. The fourth-order valence-corrected chi connectivity index (χ4v) is 7.45. The molecule has 0 fully saturated rings. The van der Waals surface area contributed by atoms with Crippen molar-refractivity contribution < 1.29 is 0 Å². The SMILES string of the molecule is Cc1ccccc1-c1ccc(N(c2ccccc2)c2cccc3c2c2ccccc2n3-c2cccc(-c3cccc4ccccc34)c2)cc1. The molecule has 0 bridgehead atoms. The van der Waals surface area contributed by atoms with Crippen LogP contribution in [-0.2, 0) is 0 Å². The summed E-state index contributed by atoms with van der Waals surface area (Å²) in [6, 6.07) is 68.0. The Morgan fingerprint density at radius 2 is 1.06 bits per heavy atom. The number of anilines is 3. The molecule has 232 valence electrons. The number of hydrogen-bond acceptors (Lipinski definition) is 1. The zero-order valence-electron chi connectivity index (χ0n) is 27.3. The van der Waals surface area contributed by atoms with Crippen molar-refractivity contribution in [2.24, 2.45) is 0 Å². The zero-order chi connectivity index (χ0) is 32.7. The van der Waals surface area contributed by atoms with Crippen molar-refractivity contribution in [3.63, 3.8) is 0 Å². The van der Waals surface area contributed by atoms with E-state index in [1.807, 2.05) is 0 Å². The first-order chi connectivity index (χ1) is 24.2. The van der Waals surface area contributed by atoms with E-state index in [2.05, 4.69) is 204 Å². The maximum atomic E-state index is 2.42. The predicted octanol–water partition coefficient (Wildman–Crippen LogP) is 13.0. The first-order valence-corrected chi connectivity index (χ1v) is 16.9. The molecule has 9 rings (SSSR count). The molecule has 49 heavy (non-hydrogen) atoms. The van der Waals surface area contributed by atoms with Gasteiger partial charge in [-0.05, 0) is 100 Å². The molecule has 1 aromatic heterocycles. The van der Waals surface area contributed by atoms with Crippen molar-refractivity contribution in [2.45, 2.75) is 6.92 Å². The predicted molar refractivity (Wildman–Crippen MR) is 209 cm³/mol. The van der Waals surface area contributed by atoms with Gasteiger partial charge in [0.1, 0.15) is 0 Å². The van der Waals surface area contributed by atoms with Crippen LogP contribution < -0.4 is 4.90 Å². The Kier molecular flexibility index (Phi) is 7.06. The second-order valence-corrected chi connectivity index (χ2v) is 12.6. The maximum Gasteiger partial charge on any atom is 0.0562 e. The van der Waals surface area contributed by atoms with Crippen LogP contribution in [0.2, 0.25) is 0 Å². The van der Waals surface area contributed by atoms with E-state index in [1.165, 1.54) is 60.4 Å². The van der Waals surface area contributed by atoms with Crippen LogP contribution in [0.5, 0.6) is 0 Å². The minimum absolute atomic E-state index is 1.12. The average Bonchev–Trinajstić information content (AvgIpc) is 3.51. The van der Waals surface area contributed by atoms with Gasteiger partial charge in [-0.3, -0.25) is 0 Å². The van der Waals surface area contributed by atoms with Crippen LogP contribution in [0.3, 0.4) is 0 Å². The Balaban J connectivity index is 1.25. The second-order valence-electron chi connectivity index (χ2n) is 12.6. The summed E-state index contributed by atoms with van der Waals surface area (Å²) in [5.74, 6) is 0. The molecular weight excluding hydrogens is 593 g/mol. The van der Waals surface area contributed by atoms with Crippen molar-refractivity contribution in [1.29, 1.82) is 0 Å². The molecule has 0 N–H and O–H groups in total. The Hall–Kier alpha value is -6.38. The van der Waals surface area contributed by atoms with Gasteiger partial charge in [-0.15, -0.1) is 0 Å². The van der Waals surface area contributed by atoms with Gasteiger partial charge in [-0.1, -0.05) is 133 Å². The highest BCUT2D eigenvalue weighted by Crippen LogP contribution is 2.44. The van der Waals surface area contributed by atoms with E-state index in [1.54, 1.807) is 0 Å². The molecule has 0 aliphatic carbocycles. The normalized spacial score (nSPS) is 11.4. The van der Waals surface area contributed by atoms with Crippen molar-refractivity contribution in [1.82, 2.24) is 4.57 Å². The molecule has 0 radical (unpaired) electrons. The van der Waals surface area contributed by atoms with E-state index in [0.29, 0.717) is 0 Å². The van der Waals surface area contributed by atoms with Gasteiger partial charge < -0.3 is 9.47 Å². The van der Waals surface area contributed by atoms with Crippen molar-refractivity contribution >= 4 is 49.6 Å². The van der Waals surface area contributed by atoms with Crippen molar-refractivity contribution in [3.8, 4) is 27.9 Å². The summed E-state index contributed by atoms with van der Waals surface area (Å²) < 4.78 is 2.42. The molecule has 0 unspecified atom stereocenters. The molecule has 0 aliphatic rings. The fourth-order valence-electron chi connectivity index (χ4n) is 7.45. The van der Waals surface area contributed by atoms with Gasteiger partial charge in [-0.25, -0.2) is 0 Å². The van der Waals surface area contributed by atoms with Gasteiger partial charge >= 0.3 is 0 Å². The molecule has 0 saturated carbocycles. The Morgan fingerprint density at radius 1 is 0.429 bits per heavy atom. The van der Waals surface area contributed by atoms with Crippen LogP contribution >= 0.6 is 0 Å². The summed E-state index contributed by atoms with van der Waals surface area (Å²) in [7, 11) is 0. The summed E-state index contributed by atoms with van der Waals surface area (Å²) >= 11 is 0. The molecule has 0 amide bonds. The van der Waals surface area contributed by atoms with Gasteiger partial charge in [0.25, 0.3) is 0 Å². The third-order valence-corrected chi connectivity index (χ3v) is 9.72. The van der Waals surface area contributed by atoms with E-state index in [4.69, 9.17) is 0 Å². The van der Waals surface area contributed by atoms with Crippen molar-refractivity contribution in [2.75, 3.05) is 4.90 Å². The zero-order valence-corrected chi connectivity index (χ0v) is 27.3. The summed E-state index contributed by atoms with van der Waals surface area (Å²) in [6.07, 6.45) is 0. The van der Waals surface area contributed by atoms with E-state index >= 15 is 0 Å². The highest BCUT2D eigenvalue weighted by molar-refractivity contribution is 6.16. The Morgan fingerprint density at radius 3 is 1.92 bits per heavy atom. The van der Waals surface area contributed by atoms with Gasteiger partial charge in [0.05, 0.1) is 16.7 Å². The lowest BCUT2D eigenvalue weighted by atomic mass is 9.98. The molecule has 8 aromatic carbocycles. The average molecular weight is 627 g/mol. The third-order valence-electron chi connectivity index (χ3n) is 9.72. The summed E-state index contributed by atoms with van der Waals surface area (Å²) in [5, 5.41) is 4.96. The Labute approximate surface area is 286 Å². The molecule has 1 heterocycles. The standard InChI is InChI=1S/C47H34N2/c1-33-14-5-7-21-40(33)35-28-30-38(31-29-35)48(37-18-3-2-4-19-37)45-26-13-27-46-47(45)43-23-9-10-25-44(43)49(46)39-20-11-17-36(32-39)42-24-12-16-34-15-6-8-22-41(34)42/h2-32H,1H3. The van der Waals surface area contributed by atoms with Crippen LogP contribution in [0.25, 0.3) is 60.5 Å². The lowest BCUT2D eigenvalue weighted by Crippen LogP contribution is -2.10. The first-order valence-electron chi connectivity index (χ1n) is 16.9. The van der Waals surface area contributed by atoms with E-state index in [-0.39, 0.29) is 0 Å². The molecule has 0 spiro atoms. The number of benzene rings is 8. The number of hydrogen-bond donors (Lipinski definition) is 0. The number of aromatic nitrogens is 1. The number of nitrogens with zero attached hydrogens (tertiary/aromatic N) is 2. The smallest absolute Gasteiger partial charge is 0.0562 e. The highest BCUT2D eigenvalue weighted by atomic mass is 15.1. The van der Waals surface area contributed by atoms with Crippen LogP contribution in [0.4, 0.5) is 17.1 Å². The van der Waals surface area contributed by atoms with Gasteiger partial charge in [-0.2, -0.15) is 0 Å². The summed E-state index contributed by atoms with van der Waals surface area (Å²) in [6.45, 7) is 2.17. The van der Waals surface area contributed by atoms with Crippen LogP contribution in [0.15, 0.2) is 188 Å². The maximum absolute atomic E-state index is 2.42. The topological polar surface area (TPSA) is 8.17 Å². The van der Waals surface area contributed by atoms with Gasteiger partial charge in [0, 0.05) is 27.8 Å². The molecular formula is C47H34N2. The largest absolute Gasteiger partial charge is 0.310 e. The number of rotatable bonds is 6. The lowest BCUT2D eigenvalue weighted by molar-refractivity contribution is 1.18. The quantitative estimate of drug-likeness (QED) is 0.178. The third kappa shape index (κ3) is 4.97. The van der Waals surface area contributed by atoms with Gasteiger partial charge in [0.2, 0.25) is 0 Å². The summed E-state index contributed by atoms with van der Waals surface area (Å²) in [4.78, 5) is 2.40. The van der Waals surface area contributed by atoms with Crippen molar-refractivity contribution in [3.05, 3.63) is 194 Å². The van der Waals surface area contributed by atoms with Gasteiger partial charge in [0.15, 0.2) is 0 Å². The fraction of sp³-hybridized carbons (Fsp3) is 0.0213. The molecule has 0 atom stereocenters. The van der Waals surface area contributed by atoms with Crippen LogP contribution in [0, 0.1) is 6.92 Å². The Bertz CT molecular complexity index is 2610. The van der Waals surface area contributed by atoms with E-state index in [0.717, 1.165) is 22.7 Å². The lowest BCUT2D eigenvalue weighted by Gasteiger charge is -2.26. The van der Waals surface area contributed by atoms with E-state index in [9.17, 15) is 0 Å². The number of fused-ring (bicyclic) bond motifs is 4. The van der Waals surface area contributed by atoms with E-state index < -0.39 is 0 Å². The highest BCUT2D eigenvalue weighted by Gasteiger charge is 2.21. The van der Waals surface area contributed by atoms with Crippen LogP contribution in [0.1, 0.15) is 5.56 Å². The minimum atomic E-state index is 1.12. The number of para-hydroxylation sites is 2. The molecule has 0 saturated heterocycles. The summed E-state index contributed by atoms with van der Waals surface area (Å²) in [5.41, 5.74) is 13.1. The number of aryl methyl sites for hydroxylation is 1. The molecule has 0 aliphatic heterocycles. The molecule has 2 nitrogen and oxygen atoms in total. The second kappa shape index (κ2) is 12.0. The van der Waals surface area contributed by atoms with Crippen LogP contribution in [-0.4, -0.2) is 4.57 Å². The molecule has 9 aromatic rings.